The second-order valence-corrected chi connectivity index (χ2v) is 4.87. The average molecular weight is 214 g/mol. The van der Waals surface area contributed by atoms with Crippen LogP contribution in [0.25, 0.3) is 0 Å². The lowest BCUT2D eigenvalue weighted by Gasteiger charge is -2.35. The highest BCUT2D eigenvalue weighted by Gasteiger charge is 2.29. The van der Waals surface area contributed by atoms with Gasteiger partial charge in [0.15, 0.2) is 0 Å². The van der Waals surface area contributed by atoms with Gasteiger partial charge in [-0.1, -0.05) is 19.8 Å². The van der Waals surface area contributed by atoms with Crippen molar-refractivity contribution in [2.45, 2.75) is 58.6 Å². The third-order valence-electron chi connectivity index (χ3n) is 3.70. The fraction of sp³-hybridized carbons (Fsp3) is 1.00. The zero-order valence-electron chi connectivity index (χ0n) is 10.3. The molecule has 0 saturated heterocycles. The summed E-state index contributed by atoms with van der Waals surface area (Å²) in [6, 6.07) is 0.317. The molecule has 90 valence electrons. The maximum atomic E-state index is 5.64. The normalized spacial score (nSPS) is 31.2. The number of nitrogens with one attached hydrogen (secondary N) is 1. The number of rotatable bonds is 5. The van der Waals surface area contributed by atoms with E-state index >= 15 is 0 Å². The lowest BCUT2D eigenvalue weighted by Crippen LogP contribution is -2.49. The predicted molar refractivity (Wildman–Crippen MR) is 63.3 cm³/mol. The van der Waals surface area contributed by atoms with Gasteiger partial charge in [0.1, 0.15) is 0 Å². The van der Waals surface area contributed by atoms with Crippen molar-refractivity contribution in [1.29, 1.82) is 0 Å². The maximum Gasteiger partial charge on any atom is 0.0715 e. The molecule has 1 aliphatic rings. The maximum absolute atomic E-state index is 5.64. The molecule has 3 heteroatoms. The molecule has 0 aromatic carbocycles. The van der Waals surface area contributed by atoms with E-state index < -0.39 is 0 Å². The molecule has 3 N–H and O–H groups in total. The predicted octanol–water partition coefficient (Wildman–Crippen LogP) is 2.07. The first kappa shape index (κ1) is 12.9. The summed E-state index contributed by atoms with van der Waals surface area (Å²) < 4.78 is 5.63. The van der Waals surface area contributed by atoms with Gasteiger partial charge in [0, 0.05) is 12.6 Å². The van der Waals surface area contributed by atoms with Crippen LogP contribution >= 0.6 is 0 Å². The van der Waals surface area contributed by atoms with Gasteiger partial charge in [-0.05, 0) is 38.5 Å². The molecule has 15 heavy (non-hydrogen) atoms. The van der Waals surface area contributed by atoms with Gasteiger partial charge < -0.3 is 4.74 Å². The lowest BCUT2D eigenvalue weighted by molar-refractivity contribution is 0.0212. The molecule has 1 fully saturated rings. The molecule has 0 radical (unpaired) electrons. The average Bonchev–Trinajstić information content (AvgIpc) is 2.22. The van der Waals surface area contributed by atoms with Crippen LogP contribution < -0.4 is 11.3 Å². The van der Waals surface area contributed by atoms with Crippen molar-refractivity contribution in [3.8, 4) is 0 Å². The second kappa shape index (κ2) is 6.46. The van der Waals surface area contributed by atoms with E-state index in [1.165, 1.54) is 25.7 Å². The summed E-state index contributed by atoms with van der Waals surface area (Å²) >= 11 is 0. The molecule has 0 amide bonds. The van der Waals surface area contributed by atoms with E-state index in [0.29, 0.717) is 12.0 Å². The van der Waals surface area contributed by atoms with E-state index in [0.717, 1.165) is 12.5 Å². The first-order chi connectivity index (χ1) is 7.19. The summed E-state index contributed by atoms with van der Waals surface area (Å²) in [7, 11) is 0. The number of hydrogen-bond donors (Lipinski definition) is 2. The van der Waals surface area contributed by atoms with Crippen molar-refractivity contribution < 1.29 is 4.74 Å². The molecule has 0 aromatic rings. The van der Waals surface area contributed by atoms with Crippen LogP contribution in [0.3, 0.4) is 0 Å². The third kappa shape index (κ3) is 3.74. The smallest absolute Gasteiger partial charge is 0.0715 e. The second-order valence-electron chi connectivity index (χ2n) is 4.87. The number of nitrogens with two attached hydrogens (primary N) is 1. The summed E-state index contributed by atoms with van der Waals surface area (Å²) in [6.45, 7) is 7.26. The summed E-state index contributed by atoms with van der Waals surface area (Å²) in [6.07, 6.45) is 5.46. The molecule has 0 aliphatic heterocycles. The third-order valence-corrected chi connectivity index (χ3v) is 3.70. The van der Waals surface area contributed by atoms with Crippen LogP contribution in [0.15, 0.2) is 0 Å². The van der Waals surface area contributed by atoms with Gasteiger partial charge in [0.2, 0.25) is 0 Å². The van der Waals surface area contributed by atoms with E-state index in [1.54, 1.807) is 0 Å². The van der Waals surface area contributed by atoms with E-state index in [2.05, 4.69) is 19.3 Å². The standard InChI is InChI=1S/C12H26N2O/c1-4-15-10(3)12(14-13)11-7-5-9(2)6-8-11/h9-12,14H,4-8,13H2,1-3H3. The van der Waals surface area contributed by atoms with E-state index in [4.69, 9.17) is 10.6 Å². The minimum absolute atomic E-state index is 0.221. The SMILES string of the molecule is CCOC(C)C(NN)C1CCC(C)CC1. The van der Waals surface area contributed by atoms with Gasteiger partial charge in [-0.15, -0.1) is 0 Å². The molecule has 2 unspecified atom stereocenters. The zero-order chi connectivity index (χ0) is 11.3. The van der Waals surface area contributed by atoms with Gasteiger partial charge in [-0.3, -0.25) is 11.3 Å². The van der Waals surface area contributed by atoms with E-state index in [1.807, 2.05) is 6.92 Å². The van der Waals surface area contributed by atoms with Crippen molar-refractivity contribution in [3.63, 3.8) is 0 Å². The topological polar surface area (TPSA) is 47.3 Å². The first-order valence-electron chi connectivity index (χ1n) is 6.26. The quantitative estimate of drug-likeness (QED) is 0.544. The molecule has 0 aromatic heterocycles. The molecular formula is C12H26N2O. The molecule has 1 aliphatic carbocycles. The summed E-state index contributed by atoms with van der Waals surface area (Å²) in [5.41, 5.74) is 2.95. The largest absolute Gasteiger partial charge is 0.377 e. The van der Waals surface area contributed by atoms with Crippen LogP contribution in [0.4, 0.5) is 0 Å². The summed E-state index contributed by atoms with van der Waals surface area (Å²) in [5, 5.41) is 0. The summed E-state index contributed by atoms with van der Waals surface area (Å²) in [5.74, 6) is 7.22. The van der Waals surface area contributed by atoms with Crippen molar-refractivity contribution in [1.82, 2.24) is 5.43 Å². The van der Waals surface area contributed by atoms with Crippen molar-refractivity contribution in [2.24, 2.45) is 17.7 Å². The highest BCUT2D eigenvalue weighted by molar-refractivity contribution is 4.83. The van der Waals surface area contributed by atoms with Crippen LogP contribution in [-0.2, 0) is 4.74 Å². The Balaban J connectivity index is 2.43. The van der Waals surface area contributed by atoms with Gasteiger partial charge in [0.25, 0.3) is 0 Å². The van der Waals surface area contributed by atoms with Gasteiger partial charge >= 0.3 is 0 Å². The minimum atomic E-state index is 0.221. The number of ether oxygens (including phenoxy) is 1. The van der Waals surface area contributed by atoms with Crippen molar-refractivity contribution in [2.75, 3.05) is 6.61 Å². The molecule has 0 bridgehead atoms. The molecule has 3 nitrogen and oxygen atoms in total. The van der Waals surface area contributed by atoms with E-state index in [-0.39, 0.29) is 6.10 Å². The van der Waals surface area contributed by atoms with E-state index in [9.17, 15) is 0 Å². The Hall–Kier alpha value is -0.120. The van der Waals surface area contributed by atoms with Crippen LogP contribution in [-0.4, -0.2) is 18.8 Å². The van der Waals surface area contributed by atoms with Crippen LogP contribution in [0.2, 0.25) is 0 Å². The molecular weight excluding hydrogens is 188 g/mol. The van der Waals surface area contributed by atoms with Crippen LogP contribution in [0, 0.1) is 11.8 Å². The first-order valence-corrected chi connectivity index (χ1v) is 6.26. The van der Waals surface area contributed by atoms with Crippen LogP contribution in [0.1, 0.15) is 46.5 Å². The monoisotopic (exact) mass is 214 g/mol. The Morgan fingerprint density at radius 2 is 1.93 bits per heavy atom. The summed E-state index contributed by atoms with van der Waals surface area (Å²) in [4.78, 5) is 0. The lowest BCUT2D eigenvalue weighted by atomic mass is 9.78. The molecule has 2 atom stereocenters. The van der Waals surface area contributed by atoms with Gasteiger partial charge in [-0.2, -0.15) is 0 Å². The highest BCUT2D eigenvalue weighted by Crippen LogP contribution is 2.31. The molecule has 1 rings (SSSR count). The van der Waals surface area contributed by atoms with Gasteiger partial charge in [0.05, 0.1) is 6.10 Å². The molecule has 1 saturated carbocycles. The number of hydrazine groups is 1. The Labute approximate surface area is 93.7 Å². The van der Waals surface area contributed by atoms with Crippen molar-refractivity contribution >= 4 is 0 Å². The Kier molecular flexibility index (Phi) is 5.58. The fourth-order valence-electron chi connectivity index (χ4n) is 2.67. The Morgan fingerprint density at radius 3 is 2.40 bits per heavy atom. The van der Waals surface area contributed by atoms with Gasteiger partial charge in [-0.25, -0.2) is 0 Å². The highest BCUT2D eigenvalue weighted by atomic mass is 16.5. The molecule has 0 heterocycles. The fourth-order valence-corrected chi connectivity index (χ4v) is 2.67. The Bertz CT molecular complexity index is 167. The van der Waals surface area contributed by atoms with Crippen LogP contribution in [0.5, 0.6) is 0 Å². The van der Waals surface area contributed by atoms with Crippen molar-refractivity contribution in [3.05, 3.63) is 0 Å². The number of hydrogen-bond acceptors (Lipinski definition) is 3. The Morgan fingerprint density at radius 1 is 1.33 bits per heavy atom. The molecule has 0 spiro atoms. The zero-order valence-corrected chi connectivity index (χ0v) is 10.3. The minimum Gasteiger partial charge on any atom is -0.377 e.